The van der Waals surface area contributed by atoms with Gasteiger partial charge >= 0.3 is 0 Å². The lowest BCUT2D eigenvalue weighted by molar-refractivity contribution is 0.0366. The molecule has 3 aromatic rings. The molecule has 0 atom stereocenters. The average molecular weight is 329 g/mol. The molecule has 1 aromatic carbocycles. The summed E-state index contributed by atoms with van der Waals surface area (Å²) >= 11 is 0. The highest BCUT2D eigenvalue weighted by atomic mass is 19.1. The molecular weight excluding hydrogens is 309 g/mol. The van der Waals surface area contributed by atoms with Crippen LogP contribution in [-0.2, 0) is 11.3 Å². The molecule has 0 amide bonds. The Bertz CT molecular complexity index is 900. The lowest BCUT2D eigenvalue weighted by Gasteiger charge is -2.26. The number of ether oxygens (including phenoxy) is 1. The molecule has 1 saturated heterocycles. The Labute approximate surface area is 139 Å². The monoisotopic (exact) mass is 329 g/mol. The number of aryl methyl sites for hydroxylation is 1. The fraction of sp³-hybridized carbons (Fsp3) is 0.389. The number of hydrogen-bond donors (Lipinski definition) is 1. The predicted molar refractivity (Wildman–Crippen MR) is 90.9 cm³/mol. The summed E-state index contributed by atoms with van der Waals surface area (Å²) in [5.74, 6) is -0.258. The van der Waals surface area contributed by atoms with E-state index in [2.05, 4.69) is 14.5 Å². The number of phenols is 1. The van der Waals surface area contributed by atoms with E-state index in [1.54, 1.807) is 18.3 Å². The molecule has 0 saturated carbocycles. The number of aromatic nitrogens is 2. The van der Waals surface area contributed by atoms with Crippen LogP contribution in [0, 0.1) is 12.9 Å². The maximum absolute atomic E-state index is 13.7. The van der Waals surface area contributed by atoms with E-state index in [0.717, 1.165) is 66.8 Å². The van der Waals surface area contributed by atoms with Crippen LogP contribution < -0.4 is 0 Å². The van der Waals surface area contributed by atoms with Crippen LogP contribution in [-0.4, -0.2) is 52.4 Å². The number of halogens is 1. The van der Waals surface area contributed by atoms with Crippen molar-refractivity contribution in [2.75, 3.05) is 32.8 Å². The quantitative estimate of drug-likeness (QED) is 0.751. The number of fused-ring (bicyclic) bond motifs is 3. The van der Waals surface area contributed by atoms with E-state index in [1.165, 1.54) is 6.07 Å². The van der Waals surface area contributed by atoms with Gasteiger partial charge in [0.1, 0.15) is 5.75 Å². The van der Waals surface area contributed by atoms with Crippen LogP contribution in [0.2, 0.25) is 0 Å². The smallest absolute Gasteiger partial charge is 0.213 e. The standard InChI is InChI=1S/C18H20FN3O2/c1-12-8-13(23)9-15-18(12)14-10-17(19)20-11-16(14)22(15)3-2-21-4-6-24-7-5-21/h8-11,23H,2-7H2,1H3. The summed E-state index contributed by atoms with van der Waals surface area (Å²) in [6.07, 6.45) is 1.58. The highest BCUT2D eigenvalue weighted by Gasteiger charge is 2.16. The van der Waals surface area contributed by atoms with Gasteiger partial charge in [0, 0.05) is 49.1 Å². The molecule has 0 aliphatic carbocycles. The van der Waals surface area contributed by atoms with Gasteiger partial charge in [0.15, 0.2) is 0 Å². The summed E-state index contributed by atoms with van der Waals surface area (Å²) in [4.78, 5) is 6.18. The molecule has 126 valence electrons. The number of phenolic OH excluding ortho intramolecular Hbond substituents is 1. The second-order valence-corrected chi connectivity index (χ2v) is 6.29. The predicted octanol–water partition coefficient (Wildman–Crippen LogP) is 2.67. The van der Waals surface area contributed by atoms with Crippen LogP contribution in [0.5, 0.6) is 5.75 Å². The molecule has 24 heavy (non-hydrogen) atoms. The van der Waals surface area contributed by atoms with E-state index < -0.39 is 5.95 Å². The maximum Gasteiger partial charge on any atom is 0.213 e. The molecule has 0 radical (unpaired) electrons. The summed E-state index contributed by atoms with van der Waals surface area (Å²) in [7, 11) is 0. The summed E-state index contributed by atoms with van der Waals surface area (Å²) in [5.41, 5.74) is 2.75. The van der Waals surface area contributed by atoms with Crippen LogP contribution in [0.1, 0.15) is 5.56 Å². The Balaban J connectivity index is 1.82. The summed E-state index contributed by atoms with van der Waals surface area (Å²) in [5, 5.41) is 11.8. The Kier molecular flexibility index (Phi) is 3.86. The molecule has 5 nitrogen and oxygen atoms in total. The molecule has 0 spiro atoms. The molecule has 3 heterocycles. The van der Waals surface area contributed by atoms with Crippen LogP contribution >= 0.6 is 0 Å². The van der Waals surface area contributed by atoms with Crippen molar-refractivity contribution in [1.29, 1.82) is 0 Å². The van der Waals surface area contributed by atoms with Crippen LogP contribution in [0.3, 0.4) is 0 Å². The zero-order chi connectivity index (χ0) is 16.7. The minimum absolute atomic E-state index is 0.226. The zero-order valence-electron chi connectivity index (χ0n) is 13.6. The second-order valence-electron chi connectivity index (χ2n) is 6.29. The lowest BCUT2D eigenvalue weighted by atomic mass is 10.1. The molecule has 0 bridgehead atoms. The van der Waals surface area contributed by atoms with Crippen LogP contribution in [0.15, 0.2) is 24.4 Å². The first-order valence-electron chi connectivity index (χ1n) is 8.20. The van der Waals surface area contributed by atoms with Crippen molar-refractivity contribution < 1.29 is 14.2 Å². The first-order chi connectivity index (χ1) is 11.6. The number of hydrogen-bond acceptors (Lipinski definition) is 4. The minimum atomic E-state index is -0.484. The van der Waals surface area contributed by atoms with Gasteiger partial charge in [0.2, 0.25) is 5.95 Å². The van der Waals surface area contributed by atoms with E-state index >= 15 is 0 Å². The SMILES string of the molecule is Cc1cc(O)cc2c1c1cc(F)ncc1n2CCN1CCOCC1. The largest absolute Gasteiger partial charge is 0.508 e. The van der Waals surface area contributed by atoms with Crippen molar-refractivity contribution in [3.63, 3.8) is 0 Å². The fourth-order valence-electron chi connectivity index (χ4n) is 3.59. The normalized spacial score (nSPS) is 16.2. The van der Waals surface area contributed by atoms with Gasteiger partial charge in [-0.2, -0.15) is 4.39 Å². The highest BCUT2D eigenvalue weighted by Crippen LogP contribution is 2.34. The van der Waals surface area contributed by atoms with E-state index in [4.69, 9.17) is 4.74 Å². The van der Waals surface area contributed by atoms with Gasteiger partial charge in [-0.1, -0.05) is 0 Å². The van der Waals surface area contributed by atoms with Gasteiger partial charge in [-0.05, 0) is 18.6 Å². The maximum atomic E-state index is 13.7. The molecule has 2 aromatic heterocycles. The molecule has 1 aliphatic rings. The number of morpholine rings is 1. The number of pyridine rings is 1. The topological polar surface area (TPSA) is 50.5 Å². The van der Waals surface area contributed by atoms with Crippen molar-refractivity contribution in [3.05, 3.63) is 35.9 Å². The fourth-order valence-corrected chi connectivity index (χ4v) is 3.59. The van der Waals surface area contributed by atoms with Crippen molar-refractivity contribution in [1.82, 2.24) is 14.5 Å². The summed E-state index contributed by atoms with van der Waals surface area (Å²) in [6.45, 7) is 6.96. The molecule has 1 aliphatic heterocycles. The Morgan fingerprint density at radius 3 is 2.75 bits per heavy atom. The third-order valence-corrected chi connectivity index (χ3v) is 4.74. The summed E-state index contributed by atoms with van der Waals surface area (Å²) < 4.78 is 21.2. The lowest BCUT2D eigenvalue weighted by Crippen LogP contribution is -2.38. The van der Waals surface area contributed by atoms with Gasteiger partial charge in [-0.15, -0.1) is 0 Å². The van der Waals surface area contributed by atoms with Crippen molar-refractivity contribution in [3.8, 4) is 5.75 Å². The van der Waals surface area contributed by atoms with Gasteiger partial charge in [-0.25, -0.2) is 4.98 Å². The Morgan fingerprint density at radius 1 is 1.17 bits per heavy atom. The van der Waals surface area contributed by atoms with Gasteiger partial charge in [0.05, 0.1) is 30.4 Å². The second kappa shape index (κ2) is 6.03. The van der Waals surface area contributed by atoms with Gasteiger partial charge in [0.25, 0.3) is 0 Å². The summed E-state index contributed by atoms with van der Waals surface area (Å²) in [6, 6.07) is 4.94. The Morgan fingerprint density at radius 2 is 1.96 bits per heavy atom. The van der Waals surface area contributed by atoms with Crippen LogP contribution in [0.4, 0.5) is 4.39 Å². The zero-order valence-corrected chi connectivity index (χ0v) is 13.6. The van der Waals surface area contributed by atoms with Gasteiger partial charge < -0.3 is 14.4 Å². The number of nitrogens with zero attached hydrogens (tertiary/aromatic N) is 3. The Hall–Kier alpha value is -2.18. The number of rotatable bonds is 3. The van der Waals surface area contributed by atoms with Crippen molar-refractivity contribution in [2.45, 2.75) is 13.5 Å². The van der Waals surface area contributed by atoms with E-state index in [0.29, 0.717) is 0 Å². The van der Waals surface area contributed by atoms with E-state index in [9.17, 15) is 9.50 Å². The molecule has 1 fully saturated rings. The molecule has 4 rings (SSSR count). The van der Waals surface area contributed by atoms with Gasteiger partial charge in [-0.3, -0.25) is 4.90 Å². The first kappa shape index (κ1) is 15.4. The van der Waals surface area contributed by atoms with Crippen molar-refractivity contribution in [2.24, 2.45) is 0 Å². The minimum Gasteiger partial charge on any atom is -0.508 e. The first-order valence-corrected chi connectivity index (χ1v) is 8.20. The van der Waals surface area contributed by atoms with E-state index in [1.807, 2.05) is 6.92 Å². The number of benzene rings is 1. The highest BCUT2D eigenvalue weighted by molar-refractivity contribution is 6.09. The van der Waals surface area contributed by atoms with Crippen LogP contribution in [0.25, 0.3) is 21.8 Å². The molecule has 0 unspecified atom stereocenters. The van der Waals surface area contributed by atoms with E-state index in [-0.39, 0.29) is 5.75 Å². The van der Waals surface area contributed by atoms with Crippen molar-refractivity contribution >= 4 is 21.8 Å². The molecule has 1 N–H and O–H groups in total. The average Bonchev–Trinajstić information content (AvgIpc) is 2.86. The number of aromatic hydroxyl groups is 1. The molecular formula is C18H20FN3O2. The molecule has 6 heteroatoms. The third kappa shape index (κ3) is 2.61. The third-order valence-electron chi connectivity index (χ3n) is 4.74.